The number of hydrogen-bond donors (Lipinski definition) is 0. The van der Waals surface area contributed by atoms with E-state index in [9.17, 15) is 5.26 Å². The number of thiophene rings is 1. The fraction of sp³-hybridized carbons (Fsp3) is 0. The maximum atomic E-state index is 9.43. The minimum absolute atomic E-state index is 0.684. The van der Waals surface area contributed by atoms with Crippen LogP contribution in [0.5, 0.6) is 0 Å². The van der Waals surface area contributed by atoms with Crippen LogP contribution in [0.25, 0.3) is 75.1 Å². The second-order valence-electron chi connectivity index (χ2n) is 9.76. The van der Waals surface area contributed by atoms with Crippen molar-refractivity contribution in [2.24, 2.45) is 0 Å². The summed E-state index contributed by atoms with van der Waals surface area (Å²) in [6.07, 6.45) is 1.95. The maximum absolute atomic E-state index is 9.43. The lowest BCUT2D eigenvalue weighted by atomic mass is 9.96. The van der Waals surface area contributed by atoms with E-state index in [0.717, 1.165) is 55.0 Å². The van der Waals surface area contributed by atoms with E-state index in [2.05, 4.69) is 78.9 Å². The Morgan fingerprint density at radius 2 is 1.36 bits per heavy atom. The van der Waals surface area contributed by atoms with Gasteiger partial charge in [-0.1, -0.05) is 72.8 Å². The molecular weight excluding hydrogens is 494 g/mol. The molecule has 8 rings (SSSR count). The van der Waals surface area contributed by atoms with Crippen LogP contribution in [0, 0.1) is 11.3 Å². The Hall–Kier alpha value is -5.11. The smallest absolute Gasteiger partial charge is 0.0991 e. The van der Waals surface area contributed by atoms with Crippen molar-refractivity contribution in [2.75, 3.05) is 0 Å². The summed E-state index contributed by atoms with van der Waals surface area (Å²) < 4.78 is 2.41. The molecule has 0 spiro atoms. The van der Waals surface area contributed by atoms with Crippen LogP contribution in [0.2, 0.25) is 0 Å². The highest BCUT2D eigenvalue weighted by Gasteiger charge is 2.15. The molecule has 0 radical (unpaired) electrons. The van der Waals surface area contributed by atoms with Crippen LogP contribution in [0.15, 0.2) is 115 Å². The molecule has 3 heterocycles. The summed E-state index contributed by atoms with van der Waals surface area (Å²) in [6, 6.07) is 40.1. The highest BCUT2D eigenvalue weighted by atomic mass is 32.1. The molecule has 0 saturated carbocycles. The number of nitriles is 1. The van der Waals surface area contributed by atoms with Gasteiger partial charge in [0.1, 0.15) is 0 Å². The van der Waals surface area contributed by atoms with Gasteiger partial charge in [0.15, 0.2) is 0 Å². The fourth-order valence-corrected chi connectivity index (χ4v) is 6.69. The number of nitrogens with zero attached hydrogens (tertiary/aromatic N) is 3. The van der Waals surface area contributed by atoms with Gasteiger partial charge in [-0.2, -0.15) is 5.26 Å². The minimum atomic E-state index is 0.684. The summed E-state index contributed by atoms with van der Waals surface area (Å²) in [5, 5.41) is 16.3. The molecule has 0 atom stereocenters. The van der Waals surface area contributed by atoms with Gasteiger partial charge < -0.3 is 0 Å². The van der Waals surface area contributed by atoms with Crippen LogP contribution in [-0.4, -0.2) is 9.97 Å². The van der Waals surface area contributed by atoms with Crippen molar-refractivity contribution in [2.45, 2.75) is 0 Å². The van der Waals surface area contributed by atoms with Gasteiger partial charge in [0.2, 0.25) is 0 Å². The highest BCUT2D eigenvalue weighted by Crippen LogP contribution is 2.39. The molecule has 0 fully saturated rings. The van der Waals surface area contributed by atoms with E-state index in [-0.39, 0.29) is 0 Å². The Morgan fingerprint density at radius 1 is 0.615 bits per heavy atom. The number of benzene rings is 5. The van der Waals surface area contributed by atoms with Gasteiger partial charge in [0.25, 0.3) is 0 Å². The van der Waals surface area contributed by atoms with Crippen molar-refractivity contribution in [1.29, 1.82) is 5.26 Å². The van der Waals surface area contributed by atoms with Crippen LogP contribution < -0.4 is 0 Å². The van der Waals surface area contributed by atoms with E-state index >= 15 is 0 Å². The zero-order chi connectivity index (χ0) is 25.9. The monoisotopic (exact) mass is 513 g/mol. The molecule has 0 aliphatic carbocycles. The first-order valence-electron chi connectivity index (χ1n) is 12.8. The van der Waals surface area contributed by atoms with Gasteiger partial charge in [-0.25, -0.2) is 4.98 Å². The van der Waals surface area contributed by atoms with E-state index < -0.39 is 0 Å². The summed E-state index contributed by atoms with van der Waals surface area (Å²) in [5.41, 5.74) is 6.73. The standard InChI is InChI=1S/C35H19N3S/c36-19-21-10-14-31-28(16-21)29-17-23(12-15-32(29)39-31)24-11-13-27-30(18-24)38-34(22-6-2-1-3-7-22)35-33(27)26-9-5-4-8-25(26)20-37-35/h1-18,20H. The molecule has 8 aromatic rings. The lowest BCUT2D eigenvalue weighted by Gasteiger charge is -2.13. The van der Waals surface area contributed by atoms with Crippen molar-refractivity contribution < 1.29 is 0 Å². The molecule has 0 bridgehead atoms. The van der Waals surface area contributed by atoms with Gasteiger partial charge in [-0.05, 0) is 52.9 Å². The number of aromatic nitrogens is 2. The van der Waals surface area contributed by atoms with Crippen molar-refractivity contribution in [1.82, 2.24) is 9.97 Å². The molecule has 0 aliphatic heterocycles. The van der Waals surface area contributed by atoms with E-state index in [4.69, 9.17) is 9.97 Å². The quantitative estimate of drug-likeness (QED) is 0.216. The lowest BCUT2D eigenvalue weighted by Crippen LogP contribution is -1.93. The fourth-order valence-electron chi connectivity index (χ4n) is 5.63. The van der Waals surface area contributed by atoms with E-state index in [0.29, 0.717) is 5.56 Å². The minimum Gasteiger partial charge on any atom is -0.253 e. The number of pyridine rings is 2. The second kappa shape index (κ2) is 8.46. The van der Waals surface area contributed by atoms with Crippen LogP contribution >= 0.6 is 11.3 Å². The summed E-state index contributed by atoms with van der Waals surface area (Å²) in [6.45, 7) is 0. The molecule has 180 valence electrons. The van der Waals surface area contributed by atoms with Crippen molar-refractivity contribution in [3.8, 4) is 28.5 Å². The average molecular weight is 514 g/mol. The first-order chi connectivity index (χ1) is 19.3. The predicted octanol–water partition coefficient (Wildman–Crippen LogP) is 9.51. The summed E-state index contributed by atoms with van der Waals surface area (Å²) in [5.74, 6) is 0. The Balaban J connectivity index is 1.41. The first-order valence-corrected chi connectivity index (χ1v) is 13.6. The Morgan fingerprint density at radius 3 is 2.23 bits per heavy atom. The van der Waals surface area contributed by atoms with Gasteiger partial charge in [-0.15, -0.1) is 11.3 Å². The molecular formula is C35H19N3S. The lowest BCUT2D eigenvalue weighted by molar-refractivity contribution is 1.37. The molecule has 3 nitrogen and oxygen atoms in total. The molecule has 0 unspecified atom stereocenters. The maximum Gasteiger partial charge on any atom is 0.0991 e. The van der Waals surface area contributed by atoms with E-state index in [1.54, 1.807) is 11.3 Å². The molecule has 0 aliphatic rings. The summed E-state index contributed by atoms with van der Waals surface area (Å²) in [7, 11) is 0. The van der Waals surface area contributed by atoms with Gasteiger partial charge in [0.05, 0.1) is 28.4 Å². The number of hydrogen-bond acceptors (Lipinski definition) is 4. The van der Waals surface area contributed by atoms with E-state index in [1.165, 1.54) is 20.2 Å². The van der Waals surface area contributed by atoms with Crippen LogP contribution in [0.3, 0.4) is 0 Å². The number of fused-ring (bicyclic) bond motifs is 8. The molecule has 0 amide bonds. The average Bonchev–Trinajstić information content (AvgIpc) is 3.37. The van der Waals surface area contributed by atoms with Crippen molar-refractivity contribution >= 4 is 64.1 Å². The Labute approximate surface area is 228 Å². The van der Waals surface area contributed by atoms with Gasteiger partial charge >= 0.3 is 0 Å². The van der Waals surface area contributed by atoms with E-state index in [1.807, 2.05) is 42.6 Å². The van der Waals surface area contributed by atoms with Crippen molar-refractivity contribution in [3.05, 3.63) is 121 Å². The molecule has 5 aromatic carbocycles. The SMILES string of the molecule is N#Cc1ccc2sc3ccc(-c4ccc5c(c4)nc(-c4ccccc4)c4ncc6ccccc6c45)cc3c2c1. The van der Waals surface area contributed by atoms with Crippen LogP contribution in [0.4, 0.5) is 0 Å². The first kappa shape index (κ1) is 21.9. The van der Waals surface area contributed by atoms with Crippen LogP contribution in [-0.2, 0) is 0 Å². The molecule has 3 aromatic heterocycles. The molecule has 4 heteroatoms. The molecule has 0 N–H and O–H groups in total. The molecule has 39 heavy (non-hydrogen) atoms. The Kier molecular flexibility index (Phi) is 4.75. The third-order valence-corrected chi connectivity index (χ3v) is 8.65. The molecule has 0 saturated heterocycles. The highest BCUT2D eigenvalue weighted by molar-refractivity contribution is 7.25. The van der Waals surface area contributed by atoms with Gasteiger partial charge in [0, 0.05) is 48.1 Å². The van der Waals surface area contributed by atoms with Crippen molar-refractivity contribution in [3.63, 3.8) is 0 Å². The van der Waals surface area contributed by atoms with Crippen LogP contribution in [0.1, 0.15) is 5.56 Å². The summed E-state index contributed by atoms with van der Waals surface area (Å²) in [4.78, 5) is 10.1. The van der Waals surface area contributed by atoms with Gasteiger partial charge in [-0.3, -0.25) is 4.98 Å². The topological polar surface area (TPSA) is 49.6 Å². The normalized spacial score (nSPS) is 11.6. The largest absolute Gasteiger partial charge is 0.253 e. The zero-order valence-electron chi connectivity index (χ0n) is 20.7. The predicted molar refractivity (Wildman–Crippen MR) is 163 cm³/mol. The third-order valence-electron chi connectivity index (χ3n) is 7.50. The zero-order valence-corrected chi connectivity index (χ0v) is 21.5. The third kappa shape index (κ3) is 3.41. The summed E-state index contributed by atoms with van der Waals surface area (Å²) >= 11 is 1.76. The second-order valence-corrected chi connectivity index (χ2v) is 10.8. The number of rotatable bonds is 2. The Bertz CT molecular complexity index is 2290.